The van der Waals surface area contributed by atoms with E-state index in [2.05, 4.69) is 60.6 Å². The van der Waals surface area contributed by atoms with Crippen molar-refractivity contribution in [2.75, 3.05) is 0 Å². The van der Waals surface area contributed by atoms with Gasteiger partial charge in [0.25, 0.3) is 0 Å². The molecule has 2 bridgehead atoms. The molecule has 9 atom stereocenters. The quantitative estimate of drug-likeness (QED) is 0.452. The highest BCUT2D eigenvalue weighted by atomic mass is 79.9. The zero-order valence-corrected chi connectivity index (χ0v) is 16.5. The van der Waals surface area contributed by atoms with Gasteiger partial charge in [-0.05, 0) is 12.8 Å². The summed E-state index contributed by atoms with van der Waals surface area (Å²) in [4.78, 5) is 0.788. The number of hydrogen-bond acceptors (Lipinski definition) is 3. The van der Waals surface area contributed by atoms with Gasteiger partial charge in [0.15, 0.2) is 0 Å². The van der Waals surface area contributed by atoms with Gasteiger partial charge in [-0.3, -0.25) is 0 Å². The third-order valence-corrected chi connectivity index (χ3v) is 7.46. The summed E-state index contributed by atoms with van der Waals surface area (Å²) in [5, 5.41) is 0. The van der Waals surface area contributed by atoms with E-state index in [-0.39, 0.29) is 41.5 Å². The number of alkyl halides is 3. The van der Waals surface area contributed by atoms with Gasteiger partial charge in [-0.2, -0.15) is 0 Å². The lowest BCUT2D eigenvalue weighted by Gasteiger charge is -2.42. The third-order valence-electron chi connectivity index (χ3n) is 4.56. The van der Waals surface area contributed by atoms with Crippen molar-refractivity contribution in [1.82, 2.24) is 0 Å². The van der Waals surface area contributed by atoms with Gasteiger partial charge in [-0.15, -0.1) is 6.42 Å². The molecule has 6 heteroatoms. The van der Waals surface area contributed by atoms with Crippen molar-refractivity contribution in [3.05, 3.63) is 0 Å². The Balaban J connectivity index is 1.66. The van der Waals surface area contributed by atoms with E-state index < -0.39 is 0 Å². The Morgan fingerprint density at radius 1 is 1.10 bits per heavy atom. The van der Waals surface area contributed by atoms with Gasteiger partial charge in [-0.25, -0.2) is 0 Å². The minimum Gasteiger partial charge on any atom is -0.371 e. The standard InChI is InChI=1S/C15H19Br3O3/c1-3-9-7(16)5-8(17)14(20-9)13(18)15-12-6-11(21-15)10(4-2)19-12/h2,7-15H,3,5-6H2,1H3/t7-,8+,9+,10+,11+,12+,13+,14+,15+/m1/s1. The van der Waals surface area contributed by atoms with Gasteiger partial charge >= 0.3 is 0 Å². The molecule has 0 spiro atoms. The average Bonchev–Trinajstić information content (AvgIpc) is 3.06. The fourth-order valence-corrected chi connectivity index (χ4v) is 7.05. The van der Waals surface area contributed by atoms with E-state index in [9.17, 15) is 0 Å². The SMILES string of the molecule is C#C[C@@H]1O[C@H]2C[C@@H]1O[C@@H]2[C@@H](Br)[C@H]1O[C@@H](CC)[C@H](Br)C[C@@H]1Br. The molecular formula is C15H19Br3O3. The molecule has 0 N–H and O–H groups in total. The van der Waals surface area contributed by atoms with E-state index in [4.69, 9.17) is 20.6 Å². The molecule has 0 radical (unpaired) electrons. The molecule has 0 aliphatic carbocycles. The Morgan fingerprint density at radius 3 is 2.43 bits per heavy atom. The number of hydrogen-bond donors (Lipinski definition) is 0. The van der Waals surface area contributed by atoms with Gasteiger partial charge in [0.05, 0.1) is 35.3 Å². The maximum Gasteiger partial charge on any atom is 0.144 e. The molecule has 21 heavy (non-hydrogen) atoms. The van der Waals surface area contributed by atoms with E-state index in [1.54, 1.807) is 0 Å². The predicted molar refractivity (Wildman–Crippen MR) is 92.5 cm³/mol. The van der Waals surface area contributed by atoms with Crippen molar-refractivity contribution >= 4 is 47.8 Å². The van der Waals surface area contributed by atoms with Crippen LogP contribution >= 0.6 is 47.8 Å². The normalized spacial score (nSPS) is 50.8. The van der Waals surface area contributed by atoms with Crippen LogP contribution in [-0.2, 0) is 14.2 Å². The lowest BCUT2D eigenvalue weighted by molar-refractivity contribution is -0.136. The molecule has 0 aromatic rings. The number of terminal acetylenes is 1. The van der Waals surface area contributed by atoms with Crippen LogP contribution < -0.4 is 0 Å². The lowest BCUT2D eigenvalue weighted by atomic mass is 9.96. The molecule has 0 amide bonds. The summed E-state index contributed by atoms with van der Waals surface area (Å²) in [6.07, 6.45) is 8.62. The smallest absolute Gasteiger partial charge is 0.144 e. The van der Waals surface area contributed by atoms with E-state index in [0.29, 0.717) is 9.65 Å². The Hall–Kier alpha value is 0.880. The van der Waals surface area contributed by atoms with Crippen LogP contribution in [0.5, 0.6) is 0 Å². The molecule has 3 nitrogen and oxygen atoms in total. The number of fused-ring (bicyclic) bond motifs is 2. The molecule has 0 aromatic carbocycles. The zero-order chi connectivity index (χ0) is 15.1. The van der Waals surface area contributed by atoms with Crippen LogP contribution in [0.25, 0.3) is 0 Å². The molecule has 3 rings (SSSR count). The Labute approximate surface area is 151 Å². The van der Waals surface area contributed by atoms with Crippen LogP contribution in [0.3, 0.4) is 0 Å². The molecule has 0 unspecified atom stereocenters. The van der Waals surface area contributed by atoms with E-state index >= 15 is 0 Å². The van der Waals surface area contributed by atoms with Crippen molar-refractivity contribution in [3.63, 3.8) is 0 Å². The Bertz CT molecular complexity index is 427. The lowest BCUT2D eigenvalue weighted by Crippen LogP contribution is -2.52. The fourth-order valence-electron chi connectivity index (χ4n) is 3.43. The largest absolute Gasteiger partial charge is 0.371 e. The highest BCUT2D eigenvalue weighted by Crippen LogP contribution is 2.42. The summed E-state index contributed by atoms with van der Waals surface area (Å²) < 4.78 is 18.2. The van der Waals surface area contributed by atoms with Crippen LogP contribution in [0.2, 0.25) is 0 Å². The molecule has 0 aromatic heterocycles. The van der Waals surface area contributed by atoms with Crippen molar-refractivity contribution < 1.29 is 14.2 Å². The van der Waals surface area contributed by atoms with Gasteiger partial charge in [0.1, 0.15) is 6.10 Å². The molecule has 3 saturated heterocycles. The first-order valence-electron chi connectivity index (χ1n) is 7.39. The Kier molecular flexibility index (Phi) is 5.40. The molecule has 3 aliphatic heterocycles. The summed E-state index contributed by atoms with van der Waals surface area (Å²) in [5.41, 5.74) is 0. The molecule has 3 fully saturated rings. The first-order valence-corrected chi connectivity index (χ1v) is 10.1. The molecule has 3 aliphatic rings. The summed E-state index contributed by atoms with van der Waals surface area (Å²) in [7, 11) is 0. The topological polar surface area (TPSA) is 27.7 Å². The number of ether oxygens (including phenoxy) is 3. The van der Waals surface area contributed by atoms with Crippen LogP contribution in [0, 0.1) is 12.3 Å². The van der Waals surface area contributed by atoms with Crippen LogP contribution in [0.1, 0.15) is 26.2 Å². The maximum atomic E-state index is 6.28. The monoisotopic (exact) mass is 484 g/mol. The van der Waals surface area contributed by atoms with E-state index in [0.717, 1.165) is 19.3 Å². The minimum absolute atomic E-state index is 0.00836. The fraction of sp³-hybridized carbons (Fsp3) is 0.867. The van der Waals surface area contributed by atoms with Crippen molar-refractivity contribution in [2.24, 2.45) is 0 Å². The van der Waals surface area contributed by atoms with Gasteiger partial charge in [0.2, 0.25) is 0 Å². The zero-order valence-electron chi connectivity index (χ0n) is 11.8. The molecule has 3 heterocycles. The van der Waals surface area contributed by atoms with Gasteiger partial charge in [-0.1, -0.05) is 60.6 Å². The van der Waals surface area contributed by atoms with Crippen LogP contribution in [0.4, 0.5) is 0 Å². The van der Waals surface area contributed by atoms with Gasteiger partial charge < -0.3 is 14.2 Å². The third kappa shape index (κ3) is 3.12. The summed E-state index contributed by atoms with van der Waals surface area (Å²) in [5.74, 6) is 2.66. The van der Waals surface area contributed by atoms with Crippen molar-refractivity contribution in [1.29, 1.82) is 0 Å². The van der Waals surface area contributed by atoms with Crippen molar-refractivity contribution in [2.45, 2.75) is 77.3 Å². The average molecular weight is 487 g/mol. The second-order valence-corrected chi connectivity index (χ2v) is 9.31. The van der Waals surface area contributed by atoms with Crippen molar-refractivity contribution in [3.8, 4) is 12.3 Å². The number of rotatable bonds is 3. The second-order valence-electron chi connectivity index (χ2n) is 5.90. The molecule has 0 saturated carbocycles. The first-order chi connectivity index (χ1) is 10.0. The van der Waals surface area contributed by atoms with E-state index in [1.165, 1.54) is 0 Å². The van der Waals surface area contributed by atoms with Crippen LogP contribution in [-0.4, -0.2) is 51.1 Å². The summed E-state index contributed by atoms with van der Waals surface area (Å²) >= 11 is 11.3. The highest BCUT2D eigenvalue weighted by molar-refractivity contribution is 9.10. The van der Waals surface area contributed by atoms with Crippen LogP contribution in [0.15, 0.2) is 0 Å². The number of halogens is 3. The Morgan fingerprint density at radius 2 is 1.86 bits per heavy atom. The molecule has 118 valence electrons. The predicted octanol–water partition coefficient (Wildman–Crippen LogP) is 3.40. The highest BCUT2D eigenvalue weighted by Gasteiger charge is 2.53. The maximum absolute atomic E-state index is 6.28. The first kappa shape index (κ1) is 16.7. The second kappa shape index (κ2) is 6.78. The summed E-state index contributed by atoms with van der Waals surface area (Å²) in [6, 6.07) is 0. The van der Waals surface area contributed by atoms with E-state index in [1.807, 2.05) is 0 Å². The minimum atomic E-state index is -0.187. The van der Waals surface area contributed by atoms with Gasteiger partial charge in [0, 0.05) is 16.1 Å². The molecular weight excluding hydrogens is 468 g/mol. The summed E-state index contributed by atoms with van der Waals surface area (Å²) in [6.45, 7) is 2.16.